The molecule has 0 atom stereocenters. The van der Waals surface area contributed by atoms with E-state index in [1.807, 2.05) is 0 Å². The first kappa shape index (κ1) is 12.6. The van der Waals surface area contributed by atoms with Crippen molar-refractivity contribution < 1.29 is 18.0 Å². The van der Waals surface area contributed by atoms with Gasteiger partial charge in [0.05, 0.1) is 5.56 Å². The minimum absolute atomic E-state index is 0.143. The Morgan fingerprint density at radius 3 is 2.11 bits per heavy atom. The van der Waals surface area contributed by atoms with E-state index in [1.54, 1.807) is 0 Å². The predicted octanol–water partition coefficient (Wildman–Crippen LogP) is 3.99. The number of hydrogen-bond acceptors (Lipinski definition) is 1. The van der Waals surface area contributed by atoms with Crippen molar-refractivity contribution in [1.82, 2.24) is 0 Å². The summed E-state index contributed by atoms with van der Waals surface area (Å²) < 4.78 is 39.2. The van der Waals surface area contributed by atoms with Gasteiger partial charge in [-0.3, -0.25) is 4.79 Å². The average molecular weight is 271 g/mol. The highest BCUT2D eigenvalue weighted by Crippen LogP contribution is 2.19. The zero-order valence-electron chi connectivity index (χ0n) is 8.88. The van der Waals surface area contributed by atoms with Crippen LogP contribution in [0.15, 0.2) is 36.4 Å². The van der Waals surface area contributed by atoms with Crippen LogP contribution in [0.1, 0.15) is 15.9 Å². The molecule has 5 heteroatoms. The molecule has 0 heterocycles. The molecule has 0 saturated carbocycles. The van der Waals surface area contributed by atoms with Gasteiger partial charge in [0.2, 0.25) is 0 Å². The minimum Gasteiger partial charge on any atom is -0.288 e. The Balaban J connectivity index is 2.46. The highest BCUT2D eigenvalue weighted by atomic mass is 35.5. The van der Waals surface area contributed by atoms with E-state index in [-0.39, 0.29) is 5.56 Å². The van der Waals surface area contributed by atoms with E-state index in [9.17, 15) is 18.0 Å². The van der Waals surface area contributed by atoms with Crippen LogP contribution in [0.4, 0.5) is 13.2 Å². The molecule has 0 fully saturated rings. The van der Waals surface area contributed by atoms with Crippen molar-refractivity contribution in [3.63, 3.8) is 0 Å². The first-order valence-electron chi connectivity index (χ1n) is 4.94. The van der Waals surface area contributed by atoms with Gasteiger partial charge in [-0.2, -0.15) is 0 Å². The van der Waals surface area contributed by atoms with E-state index < -0.39 is 28.8 Å². The molecule has 0 radical (unpaired) electrons. The Kier molecular flexibility index (Phi) is 3.39. The van der Waals surface area contributed by atoms with Gasteiger partial charge in [-0.05, 0) is 36.4 Å². The molecule has 0 N–H and O–H groups in total. The van der Waals surface area contributed by atoms with Gasteiger partial charge in [-0.25, -0.2) is 13.2 Å². The predicted molar refractivity (Wildman–Crippen MR) is 61.2 cm³/mol. The summed E-state index contributed by atoms with van der Waals surface area (Å²) in [6, 6.07) is 7.28. The Morgan fingerprint density at radius 2 is 1.50 bits per heavy atom. The highest BCUT2D eigenvalue weighted by Gasteiger charge is 2.19. The third-order valence-electron chi connectivity index (χ3n) is 2.39. The first-order chi connectivity index (χ1) is 8.50. The number of halogens is 4. The lowest BCUT2D eigenvalue weighted by Crippen LogP contribution is -2.07. The molecule has 18 heavy (non-hydrogen) atoms. The Bertz CT molecular complexity index is 608. The zero-order chi connectivity index (χ0) is 13.3. The van der Waals surface area contributed by atoms with E-state index in [0.29, 0.717) is 11.1 Å². The number of hydrogen-bond donors (Lipinski definition) is 0. The first-order valence-corrected chi connectivity index (χ1v) is 5.32. The number of ketones is 1. The van der Waals surface area contributed by atoms with Crippen LogP contribution in [0, 0.1) is 17.5 Å². The maximum atomic E-state index is 13.4. The normalized spacial score (nSPS) is 10.4. The second-order valence-corrected chi connectivity index (χ2v) is 4.00. The molecule has 0 unspecified atom stereocenters. The standard InChI is InChI=1S/C13H6ClF3O/c14-8-3-1-7(2-4-8)13(18)9-5-6-10(15)12(17)11(9)16/h1-6H. The Labute approximate surface area is 106 Å². The molecule has 0 bridgehead atoms. The summed E-state index contributed by atoms with van der Waals surface area (Å²) in [6.45, 7) is 0. The summed E-state index contributed by atoms with van der Waals surface area (Å²) in [7, 11) is 0. The molecule has 0 aliphatic heterocycles. The summed E-state index contributed by atoms with van der Waals surface area (Å²) in [5.74, 6) is -5.21. The third-order valence-corrected chi connectivity index (χ3v) is 2.64. The van der Waals surface area contributed by atoms with Crippen molar-refractivity contribution in [2.75, 3.05) is 0 Å². The summed E-state index contributed by atoms with van der Waals surface area (Å²) >= 11 is 5.64. The SMILES string of the molecule is O=C(c1ccc(Cl)cc1)c1ccc(F)c(F)c1F. The molecule has 0 spiro atoms. The highest BCUT2D eigenvalue weighted by molar-refractivity contribution is 6.30. The van der Waals surface area contributed by atoms with Gasteiger partial charge in [-0.1, -0.05) is 11.6 Å². The monoisotopic (exact) mass is 270 g/mol. The molecule has 1 nitrogen and oxygen atoms in total. The number of carbonyl (C=O) groups is 1. The molecular formula is C13H6ClF3O. The van der Waals surface area contributed by atoms with Crippen molar-refractivity contribution >= 4 is 17.4 Å². The van der Waals surface area contributed by atoms with Gasteiger partial charge >= 0.3 is 0 Å². The molecule has 92 valence electrons. The van der Waals surface area contributed by atoms with Crippen LogP contribution in [0.25, 0.3) is 0 Å². The van der Waals surface area contributed by atoms with Gasteiger partial charge in [0.15, 0.2) is 23.2 Å². The zero-order valence-corrected chi connectivity index (χ0v) is 9.64. The lowest BCUT2D eigenvalue weighted by Gasteiger charge is -2.04. The molecule has 0 amide bonds. The molecule has 2 aromatic rings. The van der Waals surface area contributed by atoms with Gasteiger partial charge < -0.3 is 0 Å². The molecular weight excluding hydrogens is 265 g/mol. The Hall–Kier alpha value is -1.81. The van der Waals surface area contributed by atoms with Gasteiger partial charge in [-0.15, -0.1) is 0 Å². The number of carbonyl (C=O) groups excluding carboxylic acids is 1. The topological polar surface area (TPSA) is 17.1 Å². The largest absolute Gasteiger partial charge is 0.288 e. The van der Waals surface area contributed by atoms with Crippen LogP contribution in [0.3, 0.4) is 0 Å². The lowest BCUT2D eigenvalue weighted by atomic mass is 10.0. The maximum absolute atomic E-state index is 13.4. The van der Waals surface area contributed by atoms with Crippen LogP contribution < -0.4 is 0 Å². The molecule has 0 aliphatic carbocycles. The van der Waals surface area contributed by atoms with Crippen LogP contribution >= 0.6 is 11.6 Å². The van der Waals surface area contributed by atoms with E-state index >= 15 is 0 Å². The van der Waals surface area contributed by atoms with Crippen molar-refractivity contribution in [1.29, 1.82) is 0 Å². The van der Waals surface area contributed by atoms with Gasteiger partial charge in [0, 0.05) is 10.6 Å². The van der Waals surface area contributed by atoms with Crippen LogP contribution in [-0.2, 0) is 0 Å². The summed E-state index contributed by atoms with van der Waals surface area (Å²) in [5.41, 5.74) is -0.375. The fraction of sp³-hybridized carbons (Fsp3) is 0. The van der Waals surface area contributed by atoms with E-state index in [2.05, 4.69) is 0 Å². The molecule has 2 rings (SSSR count). The van der Waals surface area contributed by atoms with Crippen molar-refractivity contribution in [3.05, 3.63) is 70.0 Å². The maximum Gasteiger partial charge on any atom is 0.196 e. The summed E-state index contributed by atoms with van der Waals surface area (Å²) in [4.78, 5) is 11.9. The summed E-state index contributed by atoms with van der Waals surface area (Å²) in [6.07, 6.45) is 0. The molecule has 0 aromatic heterocycles. The fourth-order valence-electron chi connectivity index (χ4n) is 1.46. The van der Waals surface area contributed by atoms with Crippen LogP contribution in [-0.4, -0.2) is 5.78 Å². The van der Waals surface area contributed by atoms with E-state index in [1.165, 1.54) is 24.3 Å². The molecule has 2 aromatic carbocycles. The van der Waals surface area contributed by atoms with E-state index in [0.717, 1.165) is 6.07 Å². The smallest absolute Gasteiger partial charge is 0.196 e. The van der Waals surface area contributed by atoms with Gasteiger partial charge in [0.1, 0.15) is 0 Å². The Morgan fingerprint density at radius 1 is 0.889 bits per heavy atom. The summed E-state index contributed by atoms with van der Waals surface area (Å²) in [5, 5.41) is 0.414. The van der Waals surface area contributed by atoms with Crippen LogP contribution in [0.5, 0.6) is 0 Å². The van der Waals surface area contributed by atoms with Crippen LogP contribution in [0.2, 0.25) is 5.02 Å². The quantitative estimate of drug-likeness (QED) is 0.596. The minimum atomic E-state index is -1.66. The van der Waals surface area contributed by atoms with Crippen molar-refractivity contribution in [3.8, 4) is 0 Å². The number of rotatable bonds is 2. The number of benzene rings is 2. The van der Waals surface area contributed by atoms with E-state index in [4.69, 9.17) is 11.6 Å². The van der Waals surface area contributed by atoms with Crippen molar-refractivity contribution in [2.24, 2.45) is 0 Å². The third kappa shape index (κ3) is 2.24. The molecule has 0 saturated heterocycles. The fourth-order valence-corrected chi connectivity index (χ4v) is 1.58. The second kappa shape index (κ2) is 4.82. The lowest BCUT2D eigenvalue weighted by molar-refractivity contribution is 0.103. The average Bonchev–Trinajstić information content (AvgIpc) is 2.36. The second-order valence-electron chi connectivity index (χ2n) is 3.56. The van der Waals surface area contributed by atoms with Gasteiger partial charge in [0.25, 0.3) is 0 Å². The van der Waals surface area contributed by atoms with Crippen molar-refractivity contribution in [2.45, 2.75) is 0 Å². The molecule has 0 aliphatic rings.